The molecule has 1 heteroatoms. The molecule has 0 N–H and O–H groups in total. The predicted octanol–water partition coefficient (Wildman–Crippen LogP) is 4.38. The van der Waals surface area contributed by atoms with Gasteiger partial charge in [0.05, 0.1) is 6.04 Å². The van der Waals surface area contributed by atoms with E-state index in [0.29, 0.717) is 11.5 Å². The molecule has 2 unspecified atom stereocenters. The van der Waals surface area contributed by atoms with Crippen molar-refractivity contribution < 1.29 is 0 Å². The number of dihydropyridines is 1. The first-order chi connectivity index (χ1) is 7.59. The third-order valence-electron chi connectivity index (χ3n) is 4.03. The highest BCUT2D eigenvalue weighted by atomic mass is 14.8. The number of nitrogens with zero attached hydrogens (tertiary/aromatic N) is 1. The summed E-state index contributed by atoms with van der Waals surface area (Å²) in [6.07, 6.45) is 12.6. The van der Waals surface area contributed by atoms with E-state index in [1.54, 1.807) is 5.57 Å². The summed E-state index contributed by atoms with van der Waals surface area (Å²) >= 11 is 0. The smallest absolute Gasteiger partial charge is 0.0565 e. The van der Waals surface area contributed by atoms with Crippen molar-refractivity contribution in [3.05, 3.63) is 11.6 Å². The molecule has 0 aromatic heterocycles. The summed E-state index contributed by atoms with van der Waals surface area (Å²) < 4.78 is 0. The average molecular weight is 219 g/mol. The summed E-state index contributed by atoms with van der Waals surface area (Å²) in [6.45, 7) is 7.02. The van der Waals surface area contributed by atoms with Gasteiger partial charge in [0.25, 0.3) is 0 Å². The van der Waals surface area contributed by atoms with Gasteiger partial charge in [0.15, 0.2) is 0 Å². The maximum absolute atomic E-state index is 4.72. The number of aliphatic imine (C=N–C) groups is 1. The zero-order valence-electron chi connectivity index (χ0n) is 11.0. The Morgan fingerprint density at radius 2 is 1.75 bits per heavy atom. The van der Waals surface area contributed by atoms with Crippen LogP contribution in [0.25, 0.3) is 0 Å². The fourth-order valence-corrected chi connectivity index (χ4v) is 3.17. The largest absolute Gasteiger partial charge is 0.289 e. The number of rotatable bonds is 0. The highest BCUT2D eigenvalue weighted by Crippen LogP contribution is 2.40. The van der Waals surface area contributed by atoms with Crippen molar-refractivity contribution in [2.45, 2.75) is 65.3 Å². The summed E-state index contributed by atoms with van der Waals surface area (Å²) in [5, 5.41) is 0. The van der Waals surface area contributed by atoms with Gasteiger partial charge in [-0.05, 0) is 24.3 Å². The first-order valence-electron chi connectivity index (χ1n) is 6.83. The van der Waals surface area contributed by atoms with Gasteiger partial charge in [-0.1, -0.05) is 52.0 Å². The molecular weight excluding hydrogens is 194 g/mol. The van der Waals surface area contributed by atoms with E-state index in [9.17, 15) is 0 Å². The maximum Gasteiger partial charge on any atom is 0.0565 e. The molecule has 2 atom stereocenters. The van der Waals surface area contributed by atoms with E-state index in [4.69, 9.17) is 4.99 Å². The SMILES string of the molecule is CC(C)(C)C1=CC=NC2CCCCCCC12. The lowest BCUT2D eigenvalue weighted by molar-refractivity contribution is 0.317. The van der Waals surface area contributed by atoms with Gasteiger partial charge in [0.1, 0.15) is 0 Å². The van der Waals surface area contributed by atoms with Crippen LogP contribution in [0.5, 0.6) is 0 Å². The Balaban J connectivity index is 2.19. The van der Waals surface area contributed by atoms with Crippen molar-refractivity contribution in [3.63, 3.8) is 0 Å². The van der Waals surface area contributed by atoms with Crippen molar-refractivity contribution in [1.82, 2.24) is 0 Å². The van der Waals surface area contributed by atoms with Gasteiger partial charge in [0, 0.05) is 12.1 Å². The lowest BCUT2D eigenvalue weighted by atomic mass is 9.71. The van der Waals surface area contributed by atoms with Crippen LogP contribution in [-0.2, 0) is 0 Å². The summed E-state index contributed by atoms with van der Waals surface area (Å²) in [4.78, 5) is 4.72. The summed E-state index contributed by atoms with van der Waals surface area (Å²) in [6, 6.07) is 0.583. The zero-order valence-corrected chi connectivity index (χ0v) is 11.0. The molecule has 1 saturated carbocycles. The molecule has 0 aromatic carbocycles. The van der Waals surface area contributed by atoms with Crippen LogP contribution in [0.3, 0.4) is 0 Å². The highest BCUT2D eigenvalue weighted by molar-refractivity contribution is 5.74. The Morgan fingerprint density at radius 3 is 2.44 bits per heavy atom. The molecule has 1 nitrogen and oxygen atoms in total. The van der Waals surface area contributed by atoms with E-state index in [2.05, 4.69) is 33.1 Å². The fraction of sp³-hybridized carbons (Fsp3) is 0.800. The molecular formula is C15H25N. The van der Waals surface area contributed by atoms with E-state index in [-0.39, 0.29) is 0 Å². The Kier molecular flexibility index (Phi) is 3.51. The number of hydrogen-bond donors (Lipinski definition) is 0. The lowest BCUT2D eigenvalue weighted by Crippen LogP contribution is -2.30. The zero-order chi connectivity index (χ0) is 11.6. The first-order valence-corrected chi connectivity index (χ1v) is 6.83. The number of fused-ring (bicyclic) bond motifs is 1. The second-order valence-corrected chi connectivity index (χ2v) is 6.34. The Labute approximate surface area is 100 Å². The molecule has 0 saturated heterocycles. The molecule has 16 heavy (non-hydrogen) atoms. The van der Waals surface area contributed by atoms with Gasteiger partial charge in [-0.25, -0.2) is 0 Å². The molecule has 0 bridgehead atoms. The molecule has 2 rings (SSSR count). The third-order valence-corrected chi connectivity index (χ3v) is 4.03. The normalized spacial score (nSPS) is 31.3. The second-order valence-electron chi connectivity index (χ2n) is 6.34. The van der Waals surface area contributed by atoms with Crippen LogP contribution in [-0.4, -0.2) is 12.3 Å². The van der Waals surface area contributed by atoms with Gasteiger partial charge < -0.3 is 0 Å². The van der Waals surface area contributed by atoms with Crippen LogP contribution in [0.2, 0.25) is 0 Å². The predicted molar refractivity (Wildman–Crippen MR) is 71.0 cm³/mol. The summed E-state index contributed by atoms with van der Waals surface area (Å²) in [7, 11) is 0. The van der Waals surface area contributed by atoms with E-state index < -0.39 is 0 Å². The van der Waals surface area contributed by atoms with Crippen molar-refractivity contribution in [1.29, 1.82) is 0 Å². The third kappa shape index (κ3) is 2.56. The van der Waals surface area contributed by atoms with Crippen LogP contribution in [0.1, 0.15) is 59.3 Å². The van der Waals surface area contributed by atoms with Crippen LogP contribution < -0.4 is 0 Å². The molecule has 1 fully saturated rings. The average Bonchev–Trinajstić information content (AvgIpc) is 2.16. The molecule has 1 aliphatic heterocycles. The van der Waals surface area contributed by atoms with Crippen molar-refractivity contribution >= 4 is 6.21 Å². The summed E-state index contributed by atoms with van der Waals surface area (Å²) in [5.41, 5.74) is 1.95. The Hall–Kier alpha value is -0.590. The Morgan fingerprint density at radius 1 is 1.06 bits per heavy atom. The first kappa shape index (κ1) is 11.9. The minimum absolute atomic E-state index is 0.314. The molecule has 90 valence electrons. The fourth-order valence-electron chi connectivity index (χ4n) is 3.17. The van der Waals surface area contributed by atoms with Crippen LogP contribution >= 0.6 is 0 Å². The number of allylic oxidation sites excluding steroid dienone is 1. The topological polar surface area (TPSA) is 12.4 Å². The van der Waals surface area contributed by atoms with Crippen LogP contribution in [0, 0.1) is 11.3 Å². The van der Waals surface area contributed by atoms with Gasteiger partial charge in [0.2, 0.25) is 0 Å². The Bertz CT molecular complexity index is 293. The van der Waals surface area contributed by atoms with Crippen LogP contribution in [0.4, 0.5) is 0 Å². The molecule has 0 aromatic rings. The minimum atomic E-state index is 0.314. The van der Waals surface area contributed by atoms with E-state index in [0.717, 1.165) is 5.92 Å². The second kappa shape index (κ2) is 4.73. The minimum Gasteiger partial charge on any atom is -0.289 e. The van der Waals surface area contributed by atoms with E-state index in [1.807, 2.05) is 0 Å². The molecule has 0 radical (unpaired) electrons. The van der Waals surface area contributed by atoms with Crippen molar-refractivity contribution in [2.24, 2.45) is 16.3 Å². The van der Waals surface area contributed by atoms with Crippen molar-refractivity contribution in [3.8, 4) is 0 Å². The van der Waals surface area contributed by atoms with Gasteiger partial charge in [-0.15, -0.1) is 0 Å². The molecule has 1 heterocycles. The number of hydrogen-bond acceptors (Lipinski definition) is 1. The maximum atomic E-state index is 4.72. The summed E-state index contributed by atoms with van der Waals surface area (Å²) in [5.74, 6) is 0.727. The van der Waals surface area contributed by atoms with E-state index in [1.165, 1.54) is 38.5 Å². The molecule has 2 aliphatic rings. The van der Waals surface area contributed by atoms with Gasteiger partial charge in [-0.3, -0.25) is 4.99 Å². The monoisotopic (exact) mass is 219 g/mol. The van der Waals surface area contributed by atoms with Crippen LogP contribution in [0.15, 0.2) is 16.6 Å². The van der Waals surface area contributed by atoms with Crippen molar-refractivity contribution in [2.75, 3.05) is 0 Å². The van der Waals surface area contributed by atoms with E-state index >= 15 is 0 Å². The lowest BCUT2D eigenvalue weighted by Gasteiger charge is -2.37. The van der Waals surface area contributed by atoms with Gasteiger partial charge in [-0.2, -0.15) is 0 Å². The molecule has 0 spiro atoms. The quantitative estimate of drug-likeness (QED) is 0.573. The molecule has 1 aliphatic carbocycles. The standard InChI is InChI=1S/C15H25N/c1-15(2,3)13-10-11-16-14-9-7-5-4-6-8-12(13)14/h10-12,14H,4-9H2,1-3H3. The highest BCUT2D eigenvalue weighted by Gasteiger charge is 2.32. The van der Waals surface area contributed by atoms with Gasteiger partial charge >= 0.3 is 0 Å². The molecule has 0 amide bonds.